The Morgan fingerprint density at radius 1 is 0.800 bits per heavy atom. The highest BCUT2D eigenvalue weighted by Crippen LogP contribution is 2.42. The number of unbranched alkanes of at least 4 members (excludes halogenated alkanes) is 13. The van der Waals surface area contributed by atoms with Crippen LogP contribution in [0.4, 0.5) is 4.79 Å². The second-order valence-corrected chi connectivity index (χ2v) is 13.0. The summed E-state index contributed by atoms with van der Waals surface area (Å²) in [7, 11) is -5.56. The summed E-state index contributed by atoms with van der Waals surface area (Å²) in [4.78, 5) is 19.8. The summed E-state index contributed by atoms with van der Waals surface area (Å²) < 4.78 is 34.9. The lowest BCUT2D eigenvalue weighted by Crippen LogP contribution is -2.32. The van der Waals surface area contributed by atoms with E-state index in [1.54, 1.807) is 0 Å². The molecule has 0 aliphatic carbocycles. The molecule has 0 aromatic heterocycles. The molecule has 0 rings (SSSR count). The first-order valence-corrected chi connectivity index (χ1v) is 16.9. The molecule has 4 atom stereocenters. The Balaban J connectivity index is 4.39. The van der Waals surface area contributed by atoms with E-state index in [9.17, 15) is 18.5 Å². The molecule has 0 aromatic rings. The minimum absolute atomic E-state index is 0.0286. The zero-order chi connectivity index (χ0) is 26.4. The highest BCUT2D eigenvalue weighted by molar-refractivity contribution is 7.85. The Hall–Kier alpha value is -0.270. The summed E-state index contributed by atoms with van der Waals surface area (Å²) >= 11 is 0. The van der Waals surface area contributed by atoms with Gasteiger partial charge in [0.25, 0.3) is 0 Å². The lowest BCUT2D eigenvalue weighted by Gasteiger charge is -2.24. The van der Waals surface area contributed by atoms with Crippen LogP contribution in [0.3, 0.4) is 0 Å². The van der Waals surface area contributed by atoms with Crippen LogP contribution in [0.15, 0.2) is 0 Å². The quantitative estimate of drug-likeness (QED) is 0.0843. The maximum absolute atomic E-state index is 13.1. The number of ether oxygens (including phenoxy) is 1. The molecule has 0 fully saturated rings. The first-order valence-electron chi connectivity index (χ1n) is 14.0. The molecule has 0 aliphatic rings. The van der Waals surface area contributed by atoms with Gasteiger partial charge in [-0.05, 0) is 26.2 Å². The van der Waals surface area contributed by atoms with Crippen molar-refractivity contribution in [3.63, 3.8) is 0 Å². The van der Waals surface area contributed by atoms with Crippen molar-refractivity contribution in [2.45, 2.75) is 141 Å². The second kappa shape index (κ2) is 22.9. The molecule has 4 unspecified atom stereocenters. The molecular formula is C26H53O7PS. The molecule has 9 heteroatoms. The molecule has 0 saturated carbocycles. The van der Waals surface area contributed by atoms with E-state index in [4.69, 9.17) is 9.84 Å². The molecule has 210 valence electrons. The molecule has 0 spiro atoms. The third kappa shape index (κ3) is 19.5. The molecule has 0 amide bonds. The fraction of sp³-hybridized carbons (Fsp3) is 0.962. The van der Waals surface area contributed by atoms with Gasteiger partial charge in [0.15, 0.2) is 0 Å². The normalized spacial score (nSPS) is 16.0. The Morgan fingerprint density at radius 2 is 1.29 bits per heavy atom. The zero-order valence-electron chi connectivity index (χ0n) is 22.6. The van der Waals surface area contributed by atoms with Crippen molar-refractivity contribution in [3.8, 4) is 0 Å². The largest absolute Gasteiger partial charge is 0.472 e. The van der Waals surface area contributed by atoms with Crippen LogP contribution < -0.4 is 0 Å². The van der Waals surface area contributed by atoms with Gasteiger partial charge in [0, 0.05) is 23.2 Å². The van der Waals surface area contributed by atoms with Gasteiger partial charge >= 0.3 is 13.3 Å². The maximum atomic E-state index is 13.1. The first kappa shape index (κ1) is 34.7. The highest BCUT2D eigenvalue weighted by atomic mass is 32.2. The predicted molar refractivity (Wildman–Crippen MR) is 146 cm³/mol. The molecular weight excluding hydrogens is 487 g/mol. The molecule has 7 nitrogen and oxygen atoms in total. The second-order valence-electron chi connectivity index (χ2n) is 9.57. The molecule has 2 N–H and O–H groups in total. The summed E-state index contributed by atoms with van der Waals surface area (Å²) in [5.41, 5.74) is -1.85. The molecule has 0 aromatic carbocycles. The summed E-state index contributed by atoms with van der Waals surface area (Å²) in [6.45, 7) is 6.49. The first-order chi connectivity index (χ1) is 16.8. The average Bonchev–Trinajstić information content (AvgIpc) is 2.81. The van der Waals surface area contributed by atoms with Crippen molar-refractivity contribution >= 4 is 24.1 Å². The summed E-state index contributed by atoms with van der Waals surface area (Å²) in [5, 5.41) is 8.60. The van der Waals surface area contributed by atoms with E-state index < -0.39 is 24.1 Å². The van der Waals surface area contributed by atoms with Gasteiger partial charge in [-0.2, -0.15) is 0 Å². The van der Waals surface area contributed by atoms with Crippen molar-refractivity contribution in [1.29, 1.82) is 0 Å². The standard InChI is InChI=1S/C26H53O7PS/c1-4-6-8-10-12-13-14-16-18-23-35(31)25(20-17-15-11-9-7-5-2)24(3)32-21-19-22-33-34(29,30)26(27)28/h24-25H,4-23H2,1-3H3,(H,27,28)(H,29,30). The summed E-state index contributed by atoms with van der Waals surface area (Å²) in [6, 6.07) is 0. The third-order valence-electron chi connectivity index (χ3n) is 6.33. The van der Waals surface area contributed by atoms with Crippen molar-refractivity contribution in [3.05, 3.63) is 0 Å². The molecule has 0 bridgehead atoms. The van der Waals surface area contributed by atoms with Gasteiger partial charge in [0.1, 0.15) is 0 Å². The molecule has 0 aliphatic heterocycles. The third-order valence-corrected chi connectivity index (χ3v) is 9.33. The minimum Gasteiger partial charge on any atom is -0.472 e. The fourth-order valence-corrected chi connectivity index (χ4v) is 6.31. The number of rotatable bonds is 26. The van der Waals surface area contributed by atoms with E-state index in [2.05, 4.69) is 18.4 Å². The van der Waals surface area contributed by atoms with E-state index in [1.165, 1.54) is 70.6 Å². The van der Waals surface area contributed by atoms with Crippen LogP contribution in [-0.4, -0.2) is 50.2 Å². The van der Waals surface area contributed by atoms with Gasteiger partial charge in [0.2, 0.25) is 0 Å². The van der Waals surface area contributed by atoms with Crippen LogP contribution >= 0.6 is 7.60 Å². The maximum Gasteiger partial charge on any atom is 0.435 e. The van der Waals surface area contributed by atoms with Crippen molar-refractivity contribution in [1.82, 2.24) is 0 Å². The topological polar surface area (TPSA) is 110 Å². The van der Waals surface area contributed by atoms with E-state index in [0.717, 1.165) is 32.1 Å². The SMILES string of the molecule is CCCCCCCCCCCS(=O)C(CCCCCCCC)C(C)OCCCOP(=O)(O)C(=O)O. The smallest absolute Gasteiger partial charge is 0.435 e. The van der Waals surface area contributed by atoms with Gasteiger partial charge in [-0.15, -0.1) is 0 Å². The van der Waals surface area contributed by atoms with Crippen molar-refractivity contribution in [2.24, 2.45) is 0 Å². The van der Waals surface area contributed by atoms with E-state index >= 15 is 0 Å². The average molecular weight is 541 g/mol. The number of hydrogen-bond acceptors (Lipinski definition) is 5. The molecule has 0 saturated heterocycles. The van der Waals surface area contributed by atoms with Gasteiger partial charge < -0.3 is 19.3 Å². The fourth-order valence-electron chi connectivity index (χ4n) is 4.09. The van der Waals surface area contributed by atoms with Crippen LogP contribution in [0.5, 0.6) is 0 Å². The van der Waals surface area contributed by atoms with E-state index in [1.807, 2.05) is 6.92 Å². The summed E-state index contributed by atoms with van der Waals surface area (Å²) in [5.74, 6) is 0.708. The minimum atomic E-state index is -4.61. The zero-order valence-corrected chi connectivity index (χ0v) is 24.3. The van der Waals surface area contributed by atoms with Crippen LogP contribution in [0.1, 0.15) is 130 Å². The van der Waals surface area contributed by atoms with Crippen molar-refractivity contribution in [2.75, 3.05) is 19.0 Å². The van der Waals surface area contributed by atoms with Crippen LogP contribution in [0.2, 0.25) is 0 Å². The van der Waals surface area contributed by atoms with Gasteiger partial charge in [-0.3, -0.25) is 4.21 Å². The lowest BCUT2D eigenvalue weighted by atomic mass is 10.1. The van der Waals surface area contributed by atoms with E-state index in [0.29, 0.717) is 12.2 Å². The van der Waals surface area contributed by atoms with Crippen LogP contribution in [-0.2, 0) is 24.6 Å². The number of carbonyl (C=O) groups is 1. The molecule has 0 radical (unpaired) electrons. The van der Waals surface area contributed by atoms with Gasteiger partial charge in [-0.1, -0.05) is 104 Å². The van der Waals surface area contributed by atoms with Crippen LogP contribution in [0, 0.1) is 0 Å². The molecule has 0 heterocycles. The van der Waals surface area contributed by atoms with Gasteiger partial charge in [-0.25, -0.2) is 9.36 Å². The Bertz CT molecular complexity index is 588. The van der Waals surface area contributed by atoms with Crippen LogP contribution in [0.25, 0.3) is 0 Å². The van der Waals surface area contributed by atoms with Gasteiger partial charge in [0.05, 0.1) is 18.0 Å². The monoisotopic (exact) mass is 540 g/mol. The Labute approximate surface area is 217 Å². The Morgan fingerprint density at radius 3 is 1.80 bits per heavy atom. The number of hydrogen-bond donors (Lipinski definition) is 2. The number of carboxylic acid groups (broad SMARTS) is 1. The molecule has 35 heavy (non-hydrogen) atoms. The Kier molecular flexibility index (Phi) is 22.7. The predicted octanol–water partition coefficient (Wildman–Crippen LogP) is 8.06. The lowest BCUT2D eigenvalue weighted by molar-refractivity contribution is 0.0528. The van der Waals surface area contributed by atoms with Crippen molar-refractivity contribution < 1.29 is 32.8 Å². The van der Waals surface area contributed by atoms with E-state index in [-0.39, 0.29) is 24.6 Å². The highest BCUT2D eigenvalue weighted by Gasteiger charge is 2.30. The summed E-state index contributed by atoms with van der Waals surface area (Å²) in [6.07, 6.45) is 19.3.